The van der Waals surface area contributed by atoms with E-state index < -0.39 is 11.0 Å². The maximum atomic E-state index is 12.4. The molecule has 0 saturated heterocycles. The number of nitrogens with one attached hydrogen (secondary N) is 1. The van der Waals surface area contributed by atoms with Crippen LogP contribution in [-0.2, 0) is 4.57 Å². The second-order valence-electron chi connectivity index (χ2n) is 4.25. The molecule has 0 aliphatic rings. The molecular weight excluding hydrogens is 265 g/mol. The number of hydrogen-bond donors (Lipinski definition) is 1. The molecule has 0 aliphatic carbocycles. The van der Waals surface area contributed by atoms with E-state index in [0.717, 1.165) is 0 Å². The molecule has 0 saturated carbocycles. The summed E-state index contributed by atoms with van der Waals surface area (Å²) >= 11 is 17.1. The number of rotatable bonds is 2. The second kappa shape index (κ2) is 4.48. The van der Waals surface area contributed by atoms with Crippen molar-refractivity contribution >= 4 is 42.2 Å². The van der Waals surface area contributed by atoms with Gasteiger partial charge in [-0.1, -0.05) is 34.8 Å². The molecule has 1 N–H and O–H groups in total. The summed E-state index contributed by atoms with van der Waals surface area (Å²) in [6, 6.07) is 0. The van der Waals surface area contributed by atoms with Gasteiger partial charge in [-0.2, -0.15) is 0 Å². The predicted molar refractivity (Wildman–Crippen MR) is 64.5 cm³/mol. The molecular formula is C7H16Cl3N2OP. The Morgan fingerprint density at radius 2 is 1.50 bits per heavy atom. The molecule has 0 aromatic heterocycles. The van der Waals surface area contributed by atoms with Crippen LogP contribution in [-0.4, -0.2) is 27.8 Å². The molecule has 0 aromatic rings. The van der Waals surface area contributed by atoms with Crippen LogP contribution in [0.15, 0.2) is 0 Å². The average molecular weight is 282 g/mol. The summed E-state index contributed by atoms with van der Waals surface area (Å²) in [4.78, 5) is 0. The largest absolute Gasteiger partial charge is 0.284 e. The van der Waals surface area contributed by atoms with Crippen molar-refractivity contribution in [1.29, 1.82) is 0 Å². The third-order valence-corrected chi connectivity index (χ3v) is 6.24. The first-order valence-electron chi connectivity index (χ1n) is 4.04. The molecule has 0 heterocycles. The van der Waals surface area contributed by atoms with E-state index in [4.69, 9.17) is 34.8 Å². The lowest BCUT2D eigenvalue weighted by molar-refractivity contribution is 0.447. The van der Waals surface area contributed by atoms with Crippen LogP contribution in [0, 0.1) is 0 Å². The van der Waals surface area contributed by atoms with Gasteiger partial charge in [0.15, 0.2) is 0 Å². The second-order valence-corrected chi connectivity index (χ2v) is 10.2. The fourth-order valence-electron chi connectivity index (χ4n) is 0.845. The van der Waals surface area contributed by atoms with Crippen LogP contribution in [0.1, 0.15) is 20.8 Å². The Balaban J connectivity index is 5.06. The topological polar surface area (TPSA) is 32.3 Å². The van der Waals surface area contributed by atoms with Crippen molar-refractivity contribution < 1.29 is 4.57 Å². The van der Waals surface area contributed by atoms with Crippen LogP contribution in [0.4, 0.5) is 0 Å². The minimum Gasteiger partial charge on any atom is -0.284 e. The SMILES string of the molecule is CN(C)[P@@](=O)(NC(C)(C)C)C(Cl)(Cl)Cl. The molecule has 1 atom stereocenters. The first kappa shape index (κ1) is 15.0. The molecule has 0 amide bonds. The molecule has 0 unspecified atom stereocenters. The van der Waals surface area contributed by atoms with Crippen LogP contribution >= 0.6 is 42.2 Å². The van der Waals surface area contributed by atoms with E-state index in [9.17, 15) is 4.57 Å². The Hall–Kier alpha value is 1.02. The smallest absolute Gasteiger partial charge is 0.269 e. The third-order valence-electron chi connectivity index (χ3n) is 1.39. The van der Waals surface area contributed by atoms with Gasteiger partial charge in [0, 0.05) is 5.54 Å². The lowest BCUT2D eigenvalue weighted by Crippen LogP contribution is -2.40. The van der Waals surface area contributed by atoms with Gasteiger partial charge in [-0.05, 0) is 34.9 Å². The molecule has 7 heteroatoms. The highest BCUT2D eigenvalue weighted by atomic mass is 35.6. The predicted octanol–water partition coefficient (Wildman–Crippen LogP) is 3.46. The number of halogens is 3. The van der Waals surface area contributed by atoms with Gasteiger partial charge in [-0.3, -0.25) is 4.57 Å². The van der Waals surface area contributed by atoms with Crippen LogP contribution in [0.2, 0.25) is 0 Å². The highest BCUT2D eigenvalue weighted by Gasteiger charge is 2.48. The maximum Gasteiger partial charge on any atom is 0.269 e. The van der Waals surface area contributed by atoms with Gasteiger partial charge in [0.25, 0.3) is 11.0 Å². The monoisotopic (exact) mass is 280 g/mol. The van der Waals surface area contributed by atoms with Crippen molar-refractivity contribution in [3.63, 3.8) is 0 Å². The Kier molecular flexibility index (Phi) is 4.81. The van der Waals surface area contributed by atoms with Crippen molar-refractivity contribution in [3.05, 3.63) is 0 Å². The summed E-state index contributed by atoms with van der Waals surface area (Å²) < 4.78 is 12.0. The molecule has 0 aliphatic heterocycles. The normalized spacial score (nSPS) is 18.4. The van der Waals surface area contributed by atoms with Gasteiger partial charge in [-0.25, -0.2) is 9.76 Å². The Bertz CT molecular complexity index is 244. The van der Waals surface area contributed by atoms with E-state index in [1.807, 2.05) is 20.8 Å². The van der Waals surface area contributed by atoms with E-state index in [0.29, 0.717) is 0 Å². The molecule has 0 bridgehead atoms. The van der Waals surface area contributed by atoms with Gasteiger partial charge in [0.2, 0.25) is 0 Å². The zero-order valence-corrected chi connectivity index (χ0v) is 12.1. The van der Waals surface area contributed by atoms with Crippen molar-refractivity contribution in [3.8, 4) is 0 Å². The Morgan fingerprint density at radius 3 is 1.57 bits per heavy atom. The van der Waals surface area contributed by atoms with E-state index in [1.54, 1.807) is 14.1 Å². The number of nitrogens with zero attached hydrogens (tertiary/aromatic N) is 1. The first-order chi connectivity index (χ1) is 5.90. The Morgan fingerprint density at radius 1 is 1.14 bits per heavy atom. The zero-order chi connectivity index (χ0) is 11.8. The summed E-state index contributed by atoms with van der Waals surface area (Å²) in [5.74, 6) is 0. The molecule has 0 rings (SSSR count). The quantitative estimate of drug-likeness (QED) is 0.621. The molecule has 0 spiro atoms. The Labute approximate surface area is 101 Å². The van der Waals surface area contributed by atoms with Crippen molar-refractivity contribution in [1.82, 2.24) is 9.76 Å². The summed E-state index contributed by atoms with van der Waals surface area (Å²) in [6.45, 7) is 5.58. The fraction of sp³-hybridized carbons (Fsp3) is 1.00. The molecule has 0 aromatic carbocycles. The standard InChI is InChI=1S/C7H16Cl3N2OP/c1-6(2,3)11-14(13,12(4)5)7(8,9)10/h1-5H3,(H,11,13)/t14-/m0/s1. The number of alkyl halides is 3. The summed E-state index contributed by atoms with van der Waals surface area (Å²) in [5, 5.41) is 2.86. The van der Waals surface area contributed by atoms with Gasteiger partial charge in [-0.15, -0.1) is 0 Å². The molecule has 0 radical (unpaired) electrons. The van der Waals surface area contributed by atoms with Gasteiger partial charge >= 0.3 is 0 Å². The summed E-state index contributed by atoms with van der Waals surface area (Å²) in [5.41, 5.74) is -0.385. The van der Waals surface area contributed by atoms with Gasteiger partial charge in [0.1, 0.15) is 0 Å². The molecule has 3 nitrogen and oxygen atoms in total. The number of hydrogen-bond acceptors (Lipinski definition) is 1. The highest BCUT2D eigenvalue weighted by Crippen LogP contribution is 2.64. The van der Waals surface area contributed by atoms with E-state index in [2.05, 4.69) is 5.09 Å². The average Bonchev–Trinajstić information content (AvgIpc) is 1.79. The van der Waals surface area contributed by atoms with E-state index >= 15 is 0 Å². The van der Waals surface area contributed by atoms with Gasteiger partial charge in [0.05, 0.1) is 0 Å². The van der Waals surface area contributed by atoms with Gasteiger partial charge < -0.3 is 0 Å². The minimum atomic E-state index is -3.22. The van der Waals surface area contributed by atoms with Crippen LogP contribution in [0.5, 0.6) is 0 Å². The van der Waals surface area contributed by atoms with Crippen LogP contribution < -0.4 is 5.09 Å². The molecule has 14 heavy (non-hydrogen) atoms. The zero-order valence-electron chi connectivity index (χ0n) is 8.94. The van der Waals surface area contributed by atoms with Crippen LogP contribution in [0.3, 0.4) is 0 Å². The summed E-state index contributed by atoms with van der Waals surface area (Å²) in [7, 11) is 0.00800. The van der Waals surface area contributed by atoms with Crippen molar-refractivity contribution in [2.24, 2.45) is 0 Å². The molecule has 0 fully saturated rings. The third kappa shape index (κ3) is 3.88. The molecule has 86 valence electrons. The summed E-state index contributed by atoms with van der Waals surface area (Å²) in [6.07, 6.45) is 0. The first-order valence-corrected chi connectivity index (χ1v) is 6.83. The highest BCUT2D eigenvalue weighted by molar-refractivity contribution is 7.67. The maximum absolute atomic E-state index is 12.4. The van der Waals surface area contributed by atoms with Crippen molar-refractivity contribution in [2.75, 3.05) is 14.1 Å². The minimum absolute atomic E-state index is 0.385. The fourth-order valence-corrected chi connectivity index (χ4v) is 4.28. The lowest BCUT2D eigenvalue weighted by Gasteiger charge is -2.36. The van der Waals surface area contributed by atoms with E-state index in [-0.39, 0.29) is 5.54 Å². The lowest BCUT2D eigenvalue weighted by atomic mass is 10.1. The van der Waals surface area contributed by atoms with Crippen LogP contribution in [0.25, 0.3) is 0 Å². The van der Waals surface area contributed by atoms with E-state index in [1.165, 1.54) is 4.67 Å². The van der Waals surface area contributed by atoms with Crippen molar-refractivity contribution in [2.45, 2.75) is 29.8 Å².